The third kappa shape index (κ3) is 4.68. The van der Waals surface area contributed by atoms with Gasteiger partial charge in [0.15, 0.2) is 0 Å². The summed E-state index contributed by atoms with van der Waals surface area (Å²) in [6.07, 6.45) is 4.95. The standard InChI is InChI=1S/C21H28N2O3S/c1-21(2,3)15-5-7-17-14(11-15)12-18(27-17)20(25)22-16-6-8-19(24)23(13-16)9-10-26-4/h6,8,12-13,15H,5,7,9-11H2,1-4H3,(H,22,25)/t15-/m1/s1. The molecule has 0 fully saturated rings. The first-order valence-corrected chi connectivity index (χ1v) is 10.2. The van der Waals surface area contributed by atoms with Crippen molar-refractivity contribution in [3.8, 4) is 0 Å². The van der Waals surface area contributed by atoms with Crippen LogP contribution >= 0.6 is 11.3 Å². The van der Waals surface area contributed by atoms with Crippen LogP contribution in [-0.4, -0.2) is 24.2 Å². The number of methoxy groups -OCH3 is 1. The van der Waals surface area contributed by atoms with Crippen molar-refractivity contribution in [2.24, 2.45) is 11.3 Å². The van der Waals surface area contributed by atoms with Crippen LogP contribution in [0.1, 0.15) is 47.3 Å². The molecule has 5 nitrogen and oxygen atoms in total. The van der Waals surface area contributed by atoms with E-state index in [1.807, 2.05) is 6.07 Å². The zero-order chi connectivity index (χ0) is 19.6. The number of hydrogen-bond donors (Lipinski definition) is 1. The minimum atomic E-state index is -0.112. The molecule has 27 heavy (non-hydrogen) atoms. The molecule has 1 aliphatic rings. The molecule has 6 heteroatoms. The minimum absolute atomic E-state index is 0.107. The Bertz CT molecular complexity index is 876. The smallest absolute Gasteiger partial charge is 0.265 e. The van der Waals surface area contributed by atoms with Gasteiger partial charge in [-0.25, -0.2) is 0 Å². The number of carbonyl (C=O) groups excluding carboxylic acids is 1. The summed E-state index contributed by atoms with van der Waals surface area (Å²) in [4.78, 5) is 26.7. The van der Waals surface area contributed by atoms with Gasteiger partial charge in [-0.3, -0.25) is 9.59 Å². The predicted molar refractivity (Wildman–Crippen MR) is 110 cm³/mol. The molecule has 2 aromatic rings. The van der Waals surface area contributed by atoms with E-state index in [9.17, 15) is 9.59 Å². The summed E-state index contributed by atoms with van der Waals surface area (Å²) in [5.74, 6) is 0.540. The Labute approximate surface area is 164 Å². The number of thiophene rings is 1. The number of ether oxygens (including phenoxy) is 1. The molecule has 146 valence electrons. The molecular formula is C21H28N2O3S. The van der Waals surface area contributed by atoms with Crippen molar-refractivity contribution in [2.45, 2.75) is 46.6 Å². The first kappa shape index (κ1) is 19.8. The number of hydrogen-bond acceptors (Lipinski definition) is 4. The van der Waals surface area contributed by atoms with E-state index in [0.29, 0.717) is 24.8 Å². The summed E-state index contributed by atoms with van der Waals surface area (Å²) in [7, 11) is 1.60. The molecular weight excluding hydrogens is 360 g/mol. The van der Waals surface area contributed by atoms with E-state index < -0.39 is 0 Å². The Balaban J connectivity index is 1.73. The number of fused-ring (bicyclic) bond motifs is 1. The van der Waals surface area contributed by atoms with Gasteiger partial charge in [0.25, 0.3) is 11.5 Å². The highest BCUT2D eigenvalue weighted by Crippen LogP contribution is 2.40. The molecule has 1 aliphatic carbocycles. The van der Waals surface area contributed by atoms with Gasteiger partial charge in [0.2, 0.25) is 0 Å². The average molecular weight is 389 g/mol. The molecule has 0 radical (unpaired) electrons. The minimum Gasteiger partial charge on any atom is -0.383 e. The Morgan fingerprint density at radius 3 is 2.85 bits per heavy atom. The van der Waals surface area contributed by atoms with E-state index in [1.54, 1.807) is 35.3 Å². The molecule has 0 spiro atoms. The van der Waals surface area contributed by atoms with Crippen molar-refractivity contribution in [1.82, 2.24) is 4.57 Å². The highest BCUT2D eigenvalue weighted by molar-refractivity contribution is 7.14. The molecule has 2 heterocycles. The first-order valence-electron chi connectivity index (χ1n) is 9.40. The van der Waals surface area contributed by atoms with Gasteiger partial charge < -0.3 is 14.6 Å². The fourth-order valence-electron chi connectivity index (χ4n) is 3.54. The van der Waals surface area contributed by atoms with Gasteiger partial charge in [-0.15, -0.1) is 11.3 Å². The van der Waals surface area contributed by atoms with Crippen molar-refractivity contribution in [2.75, 3.05) is 19.0 Å². The van der Waals surface area contributed by atoms with Crippen molar-refractivity contribution < 1.29 is 9.53 Å². The fraction of sp³-hybridized carbons (Fsp3) is 0.524. The number of aromatic nitrogens is 1. The monoisotopic (exact) mass is 388 g/mol. The normalized spacial score (nSPS) is 16.8. The van der Waals surface area contributed by atoms with Crippen molar-refractivity contribution in [1.29, 1.82) is 0 Å². The van der Waals surface area contributed by atoms with Crippen LogP contribution in [0.25, 0.3) is 0 Å². The molecule has 1 amide bonds. The second-order valence-electron chi connectivity index (χ2n) is 8.26. The summed E-state index contributed by atoms with van der Waals surface area (Å²) in [6, 6.07) is 5.17. The Kier molecular flexibility index (Phi) is 5.86. The maximum Gasteiger partial charge on any atom is 0.265 e. The van der Waals surface area contributed by atoms with Crippen molar-refractivity contribution in [3.05, 3.63) is 50.1 Å². The summed E-state index contributed by atoms with van der Waals surface area (Å²) in [5, 5.41) is 2.92. The molecule has 3 rings (SSSR count). The fourth-order valence-corrected chi connectivity index (χ4v) is 4.64. The Morgan fingerprint density at radius 1 is 1.37 bits per heavy atom. The third-order valence-electron chi connectivity index (χ3n) is 5.31. The topological polar surface area (TPSA) is 60.3 Å². The lowest BCUT2D eigenvalue weighted by Gasteiger charge is -2.33. The number of rotatable bonds is 5. The second-order valence-corrected chi connectivity index (χ2v) is 9.40. The van der Waals surface area contributed by atoms with Crippen LogP contribution in [0.15, 0.2) is 29.2 Å². The lowest BCUT2D eigenvalue weighted by Crippen LogP contribution is -2.26. The van der Waals surface area contributed by atoms with Crippen molar-refractivity contribution >= 4 is 22.9 Å². The SMILES string of the molecule is COCCn1cc(NC(=O)c2cc3c(s2)CC[C@@H](C(C)(C)C)C3)ccc1=O. The highest BCUT2D eigenvalue weighted by atomic mass is 32.1. The number of aryl methyl sites for hydroxylation is 1. The van der Waals surface area contributed by atoms with Crippen molar-refractivity contribution in [3.63, 3.8) is 0 Å². The quantitative estimate of drug-likeness (QED) is 0.843. The molecule has 1 N–H and O–H groups in total. The summed E-state index contributed by atoms with van der Waals surface area (Å²) >= 11 is 1.60. The predicted octanol–water partition coefficient (Wildman–Crippen LogP) is 3.96. The van der Waals surface area contributed by atoms with Gasteiger partial charge in [-0.05, 0) is 48.3 Å². The van der Waals surface area contributed by atoms with Gasteiger partial charge in [0, 0.05) is 30.8 Å². The van der Waals surface area contributed by atoms with E-state index in [-0.39, 0.29) is 16.9 Å². The van der Waals surface area contributed by atoms with Gasteiger partial charge in [0.1, 0.15) is 0 Å². The lowest BCUT2D eigenvalue weighted by molar-refractivity contribution is 0.103. The summed E-state index contributed by atoms with van der Waals surface area (Å²) in [6.45, 7) is 7.79. The van der Waals surface area contributed by atoms with E-state index in [0.717, 1.165) is 17.7 Å². The van der Waals surface area contributed by atoms with E-state index in [2.05, 4.69) is 26.1 Å². The third-order valence-corrected chi connectivity index (χ3v) is 6.54. The lowest BCUT2D eigenvalue weighted by atomic mass is 9.72. The Morgan fingerprint density at radius 2 is 2.15 bits per heavy atom. The van der Waals surface area contributed by atoms with E-state index in [4.69, 9.17) is 4.74 Å². The van der Waals surface area contributed by atoms with Crippen LogP contribution in [0.2, 0.25) is 0 Å². The zero-order valence-electron chi connectivity index (χ0n) is 16.5. The number of carbonyl (C=O) groups is 1. The first-order chi connectivity index (χ1) is 12.8. The van der Waals surface area contributed by atoms with Gasteiger partial charge >= 0.3 is 0 Å². The van der Waals surface area contributed by atoms with Gasteiger partial charge in [-0.1, -0.05) is 20.8 Å². The maximum atomic E-state index is 12.7. The van der Waals surface area contributed by atoms with Crippen LogP contribution < -0.4 is 10.9 Å². The van der Waals surface area contributed by atoms with Crippen LogP contribution in [0, 0.1) is 11.3 Å². The van der Waals surface area contributed by atoms with Crippen LogP contribution in [0.3, 0.4) is 0 Å². The molecule has 0 saturated carbocycles. The zero-order valence-corrected chi connectivity index (χ0v) is 17.3. The van der Waals surface area contributed by atoms with E-state index >= 15 is 0 Å². The number of pyridine rings is 1. The van der Waals surface area contributed by atoms with Crippen LogP contribution in [-0.2, 0) is 24.1 Å². The van der Waals surface area contributed by atoms with Gasteiger partial charge in [-0.2, -0.15) is 0 Å². The van der Waals surface area contributed by atoms with Crippen LogP contribution in [0.5, 0.6) is 0 Å². The number of amides is 1. The average Bonchev–Trinajstić information content (AvgIpc) is 3.05. The maximum absolute atomic E-state index is 12.7. The van der Waals surface area contributed by atoms with E-state index in [1.165, 1.54) is 22.9 Å². The molecule has 0 bridgehead atoms. The molecule has 0 unspecified atom stereocenters. The highest BCUT2D eigenvalue weighted by Gasteiger charge is 2.30. The summed E-state index contributed by atoms with van der Waals surface area (Å²) in [5.41, 5.74) is 2.12. The molecule has 0 aliphatic heterocycles. The van der Waals surface area contributed by atoms with Gasteiger partial charge in [0.05, 0.1) is 17.2 Å². The number of nitrogens with one attached hydrogen (secondary N) is 1. The number of nitrogens with zero attached hydrogens (tertiary/aromatic N) is 1. The molecule has 0 saturated heterocycles. The summed E-state index contributed by atoms with van der Waals surface area (Å²) < 4.78 is 6.57. The molecule has 0 aromatic carbocycles. The number of anilines is 1. The largest absolute Gasteiger partial charge is 0.383 e. The second kappa shape index (κ2) is 7.98. The Hall–Kier alpha value is -1.92. The van der Waals surface area contributed by atoms with Crippen LogP contribution in [0.4, 0.5) is 5.69 Å². The molecule has 1 atom stereocenters. The molecule has 2 aromatic heterocycles.